The number of benzene rings is 1. The van der Waals surface area contributed by atoms with Crippen LogP contribution in [0, 0.1) is 0 Å². The molecule has 1 aliphatic carbocycles. The van der Waals surface area contributed by atoms with Gasteiger partial charge in [-0.05, 0) is 0 Å². The Morgan fingerprint density at radius 1 is 1.19 bits per heavy atom. The third kappa shape index (κ3) is 4.66. The standard InChI is InChI=1S/C22H32BClN2O/c1-5-15(4)27-19-11-8-17(9-12-19)22-25-23-21(7-3)26(22)20-13-10-18(24)14-16(20)6-2/h10,13-15,17,19H,5-9,11-12H2,1-4H3/t15-,17?,19?/m1/s1. The first kappa shape index (κ1) is 20.6. The fraction of sp³-hybridized carbons (Fsp3) is 0.636. The van der Waals surface area contributed by atoms with E-state index in [1.165, 1.54) is 22.7 Å². The minimum absolute atomic E-state index is 0.362. The van der Waals surface area contributed by atoms with Crippen molar-refractivity contribution in [2.75, 3.05) is 0 Å². The Morgan fingerprint density at radius 3 is 2.56 bits per heavy atom. The topological polar surface area (TPSA) is 27.1 Å². The van der Waals surface area contributed by atoms with Crippen LogP contribution in [0.3, 0.4) is 0 Å². The van der Waals surface area contributed by atoms with Gasteiger partial charge < -0.3 is 0 Å². The average Bonchev–Trinajstić information content (AvgIpc) is 3.12. The summed E-state index contributed by atoms with van der Waals surface area (Å²) in [6.07, 6.45) is 8.35. The Balaban J connectivity index is 1.85. The van der Waals surface area contributed by atoms with Crippen molar-refractivity contribution in [1.29, 1.82) is 0 Å². The van der Waals surface area contributed by atoms with E-state index in [0.29, 0.717) is 18.1 Å². The summed E-state index contributed by atoms with van der Waals surface area (Å²) in [4.78, 5) is 4.88. The molecular weight excluding hydrogens is 355 g/mol. The van der Waals surface area contributed by atoms with Crippen LogP contribution in [-0.2, 0) is 17.6 Å². The van der Waals surface area contributed by atoms with Crippen molar-refractivity contribution < 1.29 is 4.74 Å². The van der Waals surface area contributed by atoms with E-state index in [1.807, 2.05) is 6.07 Å². The van der Waals surface area contributed by atoms with Gasteiger partial charge in [0.15, 0.2) is 0 Å². The molecule has 1 saturated carbocycles. The molecule has 0 bridgehead atoms. The first-order valence-corrected chi connectivity index (χ1v) is 11.0. The van der Waals surface area contributed by atoms with Crippen molar-refractivity contribution in [3.05, 3.63) is 40.2 Å². The minimum atomic E-state index is 0.362. The molecule has 1 atom stereocenters. The molecule has 1 aliphatic rings. The van der Waals surface area contributed by atoms with E-state index in [1.54, 1.807) is 0 Å². The molecular formula is C22H32BClN2O. The number of rotatable bonds is 7. The van der Waals surface area contributed by atoms with E-state index < -0.39 is 0 Å². The summed E-state index contributed by atoms with van der Waals surface area (Å²) in [5, 5.41) is 0.804. The molecule has 1 aromatic carbocycles. The van der Waals surface area contributed by atoms with Crippen molar-refractivity contribution in [3.63, 3.8) is 0 Å². The van der Waals surface area contributed by atoms with Gasteiger partial charge in [0.05, 0.1) is 0 Å². The Morgan fingerprint density at radius 2 is 1.93 bits per heavy atom. The monoisotopic (exact) mass is 386 g/mol. The Hall–Kier alpha value is -1.13. The van der Waals surface area contributed by atoms with E-state index in [4.69, 9.17) is 21.2 Å². The van der Waals surface area contributed by atoms with Crippen LogP contribution in [-0.4, -0.2) is 28.7 Å². The Kier molecular flexibility index (Phi) is 7.16. The molecule has 27 heavy (non-hydrogen) atoms. The second-order valence-electron chi connectivity index (χ2n) is 7.75. The Bertz CT molecular complexity index is 753. The van der Waals surface area contributed by atoms with Gasteiger partial charge in [-0.3, -0.25) is 0 Å². The molecule has 0 amide bonds. The van der Waals surface area contributed by atoms with Crippen LogP contribution in [0.25, 0.3) is 5.69 Å². The molecule has 146 valence electrons. The van der Waals surface area contributed by atoms with Crippen LogP contribution in [0.5, 0.6) is 0 Å². The van der Waals surface area contributed by atoms with Crippen molar-refractivity contribution in [2.45, 2.75) is 90.8 Å². The quantitative estimate of drug-likeness (QED) is 0.598. The number of aromatic nitrogens is 2. The number of hydrogen-bond donors (Lipinski definition) is 0. The molecule has 1 aromatic heterocycles. The summed E-state index contributed by atoms with van der Waals surface area (Å²) >= 11 is 6.25. The van der Waals surface area contributed by atoms with Crippen LogP contribution < -0.4 is 0 Å². The zero-order chi connectivity index (χ0) is 19.4. The zero-order valence-corrected chi connectivity index (χ0v) is 17.9. The van der Waals surface area contributed by atoms with Crippen molar-refractivity contribution in [3.8, 4) is 5.69 Å². The maximum atomic E-state index is 6.25. The summed E-state index contributed by atoms with van der Waals surface area (Å²) in [6.45, 7) is 8.76. The van der Waals surface area contributed by atoms with Crippen LogP contribution in [0.15, 0.2) is 18.2 Å². The molecule has 3 rings (SSSR count). The van der Waals surface area contributed by atoms with Gasteiger partial charge in [-0.25, -0.2) is 0 Å². The van der Waals surface area contributed by atoms with Crippen LogP contribution in [0.1, 0.15) is 82.7 Å². The molecule has 1 heterocycles. The normalized spacial score (nSPS) is 21.2. The summed E-state index contributed by atoms with van der Waals surface area (Å²) in [5.74, 6) is 1.72. The van der Waals surface area contributed by atoms with E-state index in [-0.39, 0.29) is 0 Å². The van der Waals surface area contributed by atoms with Gasteiger partial charge in [-0.2, -0.15) is 0 Å². The maximum absolute atomic E-state index is 6.25. The number of halogens is 1. The van der Waals surface area contributed by atoms with E-state index in [0.717, 1.165) is 50.0 Å². The molecule has 3 nitrogen and oxygen atoms in total. The van der Waals surface area contributed by atoms with Gasteiger partial charge in [-0.1, -0.05) is 0 Å². The number of ether oxygens (including phenoxy) is 1. The third-order valence-electron chi connectivity index (χ3n) is 5.93. The molecule has 0 aliphatic heterocycles. The first-order chi connectivity index (χ1) is 13.1. The molecule has 0 spiro atoms. The first-order valence-electron chi connectivity index (χ1n) is 10.6. The van der Waals surface area contributed by atoms with Crippen molar-refractivity contribution in [2.24, 2.45) is 0 Å². The molecule has 2 aromatic rings. The average molecular weight is 387 g/mol. The molecule has 0 saturated heterocycles. The van der Waals surface area contributed by atoms with Gasteiger partial charge in [0.25, 0.3) is 0 Å². The van der Waals surface area contributed by atoms with Crippen LogP contribution >= 0.6 is 11.6 Å². The Labute approximate surface area is 169 Å². The van der Waals surface area contributed by atoms with E-state index in [9.17, 15) is 0 Å². The van der Waals surface area contributed by atoms with Crippen molar-refractivity contribution >= 4 is 18.7 Å². The van der Waals surface area contributed by atoms with Gasteiger partial charge >= 0.3 is 170 Å². The zero-order valence-electron chi connectivity index (χ0n) is 17.2. The number of aryl methyl sites for hydroxylation is 2. The second kappa shape index (κ2) is 9.38. The van der Waals surface area contributed by atoms with E-state index >= 15 is 0 Å². The number of hydrogen-bond acceptors (Lipinski definition) is 2. The second-order valence-corrected chi connectivity index (χ2v) is 8.19. The molecule has 0 radical (unpaired) electrons. The number of nitrogens with zero attached hydrogens (tertiary/aromatic N) is 2. The summed E-state index contributed by atoms with van der Waals surface area (Å²) in [6, 6.07) is 6.25. The molecule has 1 fully saturated rings. The summed E-state index contributed by atoms with van der Waals surface area (Å²) in [7, 11) is 2.06. The van der Waals surface area contributed by atoms with Gasteiger partial charge in [0, 0.05) is 0 Å². The van der Waals surface area contributed by atoms with Gasteiger partial charge in [0.2, 0.25) is 0 Å². The molecule has 0 unspecified atom stereocenters. The van der Waals surface area contributed by atoms with Gasteiger partial charge in [0.1, 0.15) is 0 Å². The van der Waals surface area contributed by atoms with Crippen LogP contribution in [0.4, 0.5) is 0 Å². The fourth-order valence-corrected chi connectivity index (χ4v) is 4.35. The fourth-order valence-electron chi connectivity index (χ4n) is 4.16. The summed E-state index contributed by atoms with van der Waals surface area (Å²) in [5.41, 5.74) is 3.80. The van der Waals surface area contributed by atoms with Crippen LogP contribution in [0.2, 0.25) is 5.02 Å². The SMILES string of the molecule is CCc1cc(Cl)ccc1-n1c(CC)bnc1C1CCC(O[C@H](C)CC)CC1. The van der Waals surface area contributed by atoms with Gasteiger partial charge in [-0.15, -0.1) is 0 Å². The predicted molar refractivity (Wildman–Crippen MR) is 115 cm³/mol. The van der Waals surface area contributed by atoms with E-state index in [2.05, 4.69) is 51.4 Å². The predicted octanol–water partition coefficient (Wildman–Crippen LogP) is 5.83. The molecule has 0 N–H and O–H groups in total. The third-order valence-corrected chi connectivity index (χ3v) is 6.16. The van der Waals surface area contributed by atoms with Crippen molar-refractivity contribution in [1.82, 2.24) is 9.46 Å². The summed E-state index contributed by atoms with van der Waals surface area (Å²) < 4.78 is 8.57. The molecule has 5 heteroatoms.